The van der Waals surface area contributed by atoms with Gasteiger partial charge in [-0.2, -0.15) is 5.10 Å². The van der Waals surface area contributed by atoms with Crippen molar-refractivity contribution < 1.29 is 19.0 Å². The highest BCUT2D eigenvalue weighted by Gasteiger charge is 2.32. The fourth-order valence-corrected chi connectivity index (χ4v) is 4.01. The molecule has 3 aromatic rings. The number of methoxy groups -OCH3 is 3. The van der Waals surface area contributed by atoms with E-state index in [1.165, 1.54) is 6.92 Å². The van der Waals surface area contributed by atoms with Crippen molar-refractivity contribution in [3.05, 3.63) is 77.9 Å². The van der Waals surface area contributed by atoms with Crippen LogP contribution in [0.25, 0.3) is 11.1 Å². The van der Waals surface area contributed by atoms with Crippen molar-refractivity contribution in [3.63, 3.8) is 0 Å². The van der Waals surface area contributed by atoms with Gasteiger partial charge in [-0.1, -0.05) is 54.6 Å². The zero-order chi connectivity index (χ0) is 22.7. The van der Waals surface area contributed by atoms with E-state index in [0.29, 0.717) is 23.7 Å². The lowest BCUT2D eigenvalue weighted by molar-refractivity contribution is -0.130. The number of carbonyl (C=O) groups is 1. The fourth-order valence-electron chi connectivity index (χ4n) is 4.01. The second kappa shape index (κ2) is 9.14. The minimum absolute atomic E-state index is 0.107. The van der Waals surface area contributed by atoms with Crippen LogP contribution in [0.1, 0.15) is 30.5 Å². The predicted octanol–water partition coefficient (Wildman–Crippen LogP) is 5.08. The molecule has 0 aromatic heterocycles. The Labute approximate surface area is 188 Å². The quantitative estimate of drug-likeness (QED) is 0.547. The Morgan fingerprint density at radius 1 is 0.844 bits per heavy atom. The second-order valence-electron chi connectivity index (χ2n) is 7.53. The van der Waals surface area contributed by atoms with Crippen molar-refractivity contribution >= 4 is 11.6 Å². The van der Waals surface area contributed by atoms with Gasteiger partial charge in [-0.25, -0.2) is 5.01 Å². The molecular formula is C26H26N2O4. The average molecular weight is 431 g/mol. The van der Waals surface area contributed by atoms with Crippen LogP contribution in [0.4, 0.5) is 0 Å². The summed E-state index contributed by atoms with van der Waals surface area (Å²) in [6, 6.07) is 22.1. The molecule has 0 aliphatic carbocycles. The van der Waals surface area contributed by atoms with Crippen molar-refractivity contribution in [3.8, 4) is 28.4 Å². The number of hydrogen-bond acceptors (Lipinski definition) is 5. The van der Waals surface area contributed by atoms with Gasteiger partial charge in [0.05, 0.1) is 33.1 Å². The number of benzene rings is 3. The SMILES string of the molecule is COc1cc(C2=NN(C(C)=O)C(c3ccc(-c4ccccc4)cc3)C2)cc(OC)c1OC. The number of amides is 1. The molecule has 0 fully saturated rings. The Balaban J connectivity index is 1.66. The van der Waals surface area contributed by atoms with E-state index in [1.807, 2.05) is 30.3 Å². The molecule has 164 valence electrons. The summed E-state index contributed by atoms with van der Waals surface area (Å²) in [5.41, 5.74) is 4.94. The highest BCUT2D eigenvalue weighted by molar-refractivity contribution is 6.04. The summed E-state index contributed by atoms with van der Waals surface area (Å²) in [4.78, 5) is 12.4. The zero-order valence-electron chi connectivity index (χ0n) is 18.7. The van der Waals surface area contributed by atoms with E-state index in [-0.39, 0.29) is 11.9 Å². The maximum absolute atomic E-state index is 12.4. The molecule has 4 rings (SSSR count). The summed E-state index contributed by atoms with van der Waals surface area (Å²) in [6.45, 7) is 1.53. The normalized spacial score (nSPS) is 15.3. The van der Waals surface area contributed by atoms with Crippen molar-refractivity contribution in [1.82, 2.24) is 5.01 Å². The molecule has 3 aromatic carbocycles. The number of carbonyl (C=O) groups excluding carboxylic acids is 1. The first-order chi connectivity index (χ1) is 15.5. The molecule has 0 spiro atoms. The van der Waals surface area contributed by atoms with Crippen LogP contribution in [0.5, 0.6) is 17.2 Å². The van der Waals surface area contributed by atoms with Gasteiger partial charge in [-0.05, 0) is 28.8 Å². The molecule has 6 heteroatoms. The van der Waals surface area contributed by atoms with E-state index >= 15 is 0 Å². The smallest absolute Gasteiger partial charge is 0.240 e. The van der Waals surface area contributed by atoms with Crippen LogP contribution in [0.15, 0.2) is 71.8 Å². The minimum Gasteiger partial charge on any atom is -0.493 e. The first-order valence-corrected chi connectivity index (χ1v) is 10.4. The molecule has 1 unspecified atom stereocenters. The summed E-state index contributed by atoms with van der Waals surface area (Å²) in [7, 11) is 4.73. The van der Waals surface area contributed by atoms with Crippen LogP contribution in [0, 0.1) is 0 Å². The summed E-state index contributed by atoms with van der Waals surface area (Å²) in [6.07, 6.45) is 0.586. The second-order valence-corrected chi connectivity index (χ2v) is 7.53. The number of hydrazone groups is 1. The molecule has 0 N–H and O–H groups in total. The fraction of sp³-hybridized carbons (Fsp3) is 0.231. The third-order valence-corrected chi connectivity index (χ3v) is 5.63. The maximum atomic E-state index is 12.4. The van der Waals surface area contributed by atoms with E-state index in [0.717, 1.165) is 28.0 Å². The standard InChI is InChI=1S/C26H26N2O4/c1-17(29)28-23(20-12-10-19(11-13-20)18-8-6-5-7-9-18)16-22(27-28)21-14-24(30-2)26(32-4)25(15-21)31-3/h5-15,23H,16H2,1-4H3. The van der Waals surface area contributed by atoms with Gasteiger partial charge in [0, 0.05) is 18.9 Å². The number of nitrogens with zero attached hydrogens (tertiary/aromatic N) is 2. The lowest BCUT2D eigenvalue weighted by Gasteiger charge is -2.20. The Kier molecular flexibility index (Phi) is 6.12. The first-order valence-electron chi connectivity index (χ1n) is 10.4. The molecule has 0 saturated carbocycles. The van der Waals surface area contributed by atoms with Gasteiger partial charge >= 0.3 is 0 Å². The van der Waals surface area contributed by atoms with E-state index in [2.05, 4.69) is 41.5 Å². The van der Waals surface area contributed by atoms with E-state index in [1.54, 1.807) is 26.3 Å². The van der Waals surface area contributed by atoms with Gasteiger partial charge in [0.15, 0.2) is 11.5 Å². The Hall–Kier alpha value is -3.80. The third-order valence-electron chi connectivity index (χ3n) is 5.63. The predicted molar refractivity (Wildman–Crippen MR) is 124 cm³/mol. The molecular weight excluding hydrogens is 404 g/mol. The number of ether oxygens (including phenoxy) is 3. The highest BCUT2D eigenvalue weighted by atomic mass is 16.5. The van der Waals surface area contributed by atoms with Crippen LogP contribution in [-0.4, -0.2) is 38.0 Å². The average Bonchev–Trinajstić information content (AvgIpc) is 3.29. The van der Waals surface area contributed by atoms with Gasteiger partial charge in [0.25, 0.3) is 0 Å². The largest absolute Gasteiger partial charge is 0.493 e. The first kappa shape index (κ1) is 21.4. The van der Waals surface area contributed by atoms with Crippen LogP contribution in [-0.2, 0) is 4.79 Å². The molecule has 0 bridgehead atoms. The van der Waals surface area contributed by atoms with Gasteiger partial charge in [-0.15, -0.1) is 0 Å². The van der Waals surface area contributed by atoms with Crippen molar-refractivity contribution in [2.75, 3.05) is 21.3 Å². The molecule has 6 nitrogen and oxygen atoms in total. The van der Waals surface area contributed by atoms with Gasteiger partial charge in [0.2, 0.25) is 11.7 Å². The monoisotopic (exact) mass is 430 g/mol. The van der Waals surface area contributed by atoms with Crippen molar-refractivity contribution in [1.29, 1.82) is 0 Å². The molecule has 1 heterocycles. The van der Waals surface area contributed by atoms with Gasteiger partial charge in [-0.3, -0.25) is 4.79 Å². The van der Waals surface area contributed by atoms with Crippen LogP contribution in [0.3, 0.4) is 0 Å². The van der Waals surface area contributed by atoms with Crippen molar-refractivity contribution in [2.45, 2.75) is 19.4 Å². The van der Waals surface area contributed by atoms with Gasteiger partial charge in [0.1, 0.15) is 0 Å². The molecule has 1 atom stereocenters. The summed E-state index contributed by atoms with van der Waals surface area (Å²) in [5.74, 6) is 1.52. The summed E-state index contributed by atoms with van der Waals surface area (Å²) < 4.78 is 16.4. The maximum Gasteiger partial charge on any atom is 0.240 e. The van der Waals surface area contributed by atoms with E-state index < -0.39 is 0 Å². The lowest BCUT2D eigenvalue weighted by atomic mass is 9.96. The Bertz CT molecular complexity index is 1120. The highest BCUT2D eigenvalue weighted by Crippen LogP contribution is 2.41. The van der Waals surface area contributed by atoms with Crippen LogP contribution >= 0.6 is 0 Å². The minimum atomic E-state index is -0.175. The molecule has 1 aliphatic rings. The molecule has 32 heavy (non-hydrogen) atoms. The summed E-state index contributed by atoms with van der Waals surface area (Å²) in [5, 5.41) is 6.20. The summed E-state index contributed by atoms with van der Waals surface area (Å²) >= 11 is 0. The van der Waals surface area contributed by atoms with Gasteiger partial charge < -0.3 is 14.2 Å². The number of hydrogen-bond donors (Lipinski definition) is 0. The topological polar surface area (TPSA) is 60.4 Å². The Morgan fingerprint density at radius 3 is 1.97 bits per heavy atom. The Morgan fingerprint density at radius 2 is 1.44 bits per heavy atom. The molecule has 0 saturated heterocycles. The van der Waals surface area contributed by atoms with Crippen LogP contribution in [0.2, 0.25) is 0 Å². The van der Waals surface area contributed by atoms with E-state index in [9.17, 15) is 4.79 Å². The number of rotatable bonds is 6. The molecule has 0 radical (unpaired) electrons. The lowest BCUT2D eigenvalue weighted by Crippen LogP contribution is -2.24. The zero-order valence-corrected chi connectivity index (χ0v) is 18.7. The third kappa shape index (κ3) is 4.04. The van der Waals surface area contributed by atoms with Crippen LogP contribution < -0.4 is 14.2 Å². The van der Waals surface area contributed by atoms with Crippen molar-refractivity contribution in [2.24, 2.45) is 5.10 Å². The molecule has 1 aliphatic heterocycles. The van der Waals surface area contributed by atoms with E-state index in [4.69, 9.17) is 14.2 Å². The molecule has 1 amide bonds.